The highest BCUT2D eigenvalue weighted by atomic mass is 16.5. The molecule has 2 fully saturated rings. The van der Waals surface area contributed by atoms with Crippen molar-refractivity contribution in [3.63, 3.8) is 0 Å². The van der Waals surface area contributed by atoms with Gasteiger partial charge in [0.15, 0.2) is 5.65 Å². The number of nitrogens with zero attached hydrogens (tertiary/aromatic N) is 7. The summed E-state index contributed by atoms with van der Waals surface area (Å²) in [5.74, 6) is -0.0108. The molecule has 3 aromatic heterocycles. The minimum absolute atomic E-state index is 0.0225. The number of amides is 2. The molecule has 0 aliphatic carbocycles. The van der Waals surface area contributed by atoms with Crippen molar-refractivity contribution >= 4 is 46.2 Å². The van der Waals surface area contributed by atoms with E-state index in [9.17, 15) is 14.4 Å². The quantitative estimate of drug-likeness (QED) is 0.0821. The molecule has 2 saturated heterocycles. The third-order valence-electron chi connectivity index (χ3n) is 12.6. The first-order valence-corrected chi connectivity index (χ1v) is 22.3. The van der Waals surface area contributed by atoms with Crippen LogP contribution in [-0.4, -0.2) is 107 Å². The molecule has 0 saturated carbocycles. The zero-order valence-electron chi connectivity index (χ0n) is 37.6. The molecular formula is C49H59N11O4. The molecule has 334 valence electrons. The molecule has 64 heavy (non-hydrogen) atoms. The van der Waals surface area contributed by atoms with Gasteiger partial charge in [0.25, 0.3) is 11.7 Å². The van der Waals surface area contributed by atoms with Crippen molar-refractivity contribution < 1.29 is 18.9 Å². The molecule has 2 atom stereocenters. The van der Waals surface area contributed by atoms with E-state index in [1.807, 2.05) is 65.1 Å². The lowest BCUT2D eigenvalue weighted by Gasteiger charge is -2.44. The van der Waals surface area contributed by atoms with Crippen molar-refractivity contribution in [2.75, 3.05) is 61.4 Å². The van der Waals surface area contributed by atoms with Gasteiger partial charge in [0.1, 0.15) is 12.0 Å². The molecule has 2 aliphatic rings. The van der Waals surface area contributed by atoms with E-state index < -0.39 is 6.04 Å². The Balaban J connectivity index is 0.832. The first-order chi connectivity index (χ1) is 30.9. The predicted octanol–water partition coefficient (Wildman–Crippen LogP) is 7.07. The number of hydrogen-bond donors (Lipinski definition) is 4. The van der Waals surface area contributed by atoms with E-state index in [4.69, 9.17) is 9.51 Å². The molecule has 2 aliphatic heterocycles. The zero-order chi connectivity index (χ0) is 45.0. The molecule has 3 aromatic carbocycles. The fourth-order valence-corrected chi connectivity index (χ4v) is 8.82. The normalized spacial score (nSPS) is 16.1. The molecular weight excluding hydrogens is 807 g/mol. The molecule has 0 spiro atoms. The highest BCUT2D eigenvalue weighted by Gasteiger charge is 2.29. The van der Waals surface area contributed by atoms with Crippen LogP contribution in [0.4, 0.5) is 17.1 Å². The first kappa shape index (κ1) is 44.0. The van der Waals surface area contributed by atoms with E-state index >= 15 is 0 Å². The first-order valence-electron chi connectivity index (χ1n) is 22.3. The summed E-state index contributed by atoms with van der Waals surface area (Å²) >= 11 is 0. The molecule has 1 unspecified atom stereocenters. The Morgan fingerprint density at radius 3 is 2.20 bits per heavy atom. The standard InChI is InChI=1S/C49H59N11O4/c1-31-27-34(9-17-41(31)32(2)52-47(63)46-54-48(64-57-46)49(3,4)5)44-42-28-35(29-51-45(42)56-55-44)33-7-13-38(14-8-33)59-23-25-60(26-24-59)40-19-21-58(22-20-40)39-15-10-36(11-16-39)53-37(30-61)12-18-43(62)50-6/h7-11,13-17,27-30,32,37,40,53H,12,18-26H2,1-6H3,(H,50,62)(H,52,63)(H,51,55,56)/t32-,37?/m1/s1. The zero-order valence-corrected chi connectivity index (χ0v) is 37.6. The number of aldehydes is 1. The number of H-pyrrole nitrogens is 1. The van der Waals surface area contributed by atoms with Crippen LogP contribution in [0, 0.1) is 6.92 Å². The number of pyridine rings is 1. The number of anilines is 3. The van der Waals surface area contributed by atoms with Gasteiger partial charge < -0.3 is 35.1 Å². The molecule has 6 aromatic rings. The van der Waals surface area contributed by atoms with Gasteiger partial charge in [-0.2, -0.15) is 10.1 Å². The Kier molecular flexibility index (Phi) is 13.1. The largest absolute Gasteiger partial charge is 0.376 e. The highest BCUT2D eigenvalue weighted by molar-refractivity contribution is 5.94. The van der Waals surface area contributed by atoms with Crippen LogP contribution < -0.4 is 25.8 Å². The average molecular weight is 866 g/mol. The van der Waals surface area contributed by atoms with Crippen LogP contribution in [0.2, 0.25) is 0 Å². The number of piperazine rings is 1. The SMILES string of the molecule is CNC(=O)CCC(C=O)Nc1ccc(N2CCC(N3CCN(c4ccc(-c5cnc6[nH]nc(-c7ccc([C@@H](C)NC(=O)c8noc(C(C)(C)C)n8)c(C)c7)c6c5)cc4)CC3)CC2)cc1. The van der Waals surface area contributed by atoms with Crippen molar-refractivity contribution in [3.05, 3.63) is 102 Å². The number of aromatic nitrogens is 5. The van der Waals surface area contributed by atoms with Crippen molar-refractivity contribution in [1.82, 2.24) is 40.9 Å². The number of rotatable bonds is 14. The third-order valence-corrected chi connectivity index (χ3v) is 12.6. The summed E-state index contributed by atoms with van der Waals surface area (Å²) in [7, 11) is 1.61. The molecule has 15 heteroatoms. The number of nitrogens with one attached hydrogen (secondary N) is 4. The maximum atomic E-state index is 13.0. The van der Waals surface area contributed by atoms with E-state index in [1.54, 1.807) is 7.05 Å². The van der Waals surface area contributed by atoms with Gasteiger partial charge in [-0.1, -0.05) is 50.2 Å². The van der Waals surface area contributed by atoms with E-state index in [-0.39, 0.29) is 29.1 Å². The molecule has 0 radical (unpaired) electrons. The summed E-state index contributed by atoms with van der Waals surface area (Å²) in [5, 5.41) is 21.5. The third kappa shape index (κ3) is 9.94. The second-order valence-corrected chi connectivity index (χ2v) is 18.1. The Morgan fingerprint density at radius 1 is 0.891 bits per heavy atom. The number of carbonyl (C=O) groups excluding carboxylic acids is 3. The summed E-state index contributed by atoms with van der Waals surface area (Å²) in [6.07, 6.45) is 5.79. The molecule has 8 rings (SSSR count). The summed E-state index contributed by atoms with van der Waals surface area (Å²) in [6.45, 7) is 15.9. The molecule has 5 heterocycles. The number of aryl methyl sites for hydroxylation is 1. The van der Waals surface area contributed by atoms with Crippen LogP contribution in [0.15, 0.2) is 83.5 Å². The number of fused-ring (bicyclic) bond motifs is 1. The predicted molar refractivity (Wildman–Crippen MR) is 251 cm³/mol. The average Bonchev–Trinajstić information content (AvgIpc) is 4.00. The fourth-order valence-electron chi connectivity index (χ4n) is 8.82. The van der Waals surface area contributed by atoms with E-state index in [0.717, 1.165) is 109 Å². The lowest BCUT2D eigenvalue weighted by atomic mass is 9.97. The lowest BCUT2D eigenvalue weighted by molar-refractivity contribution is -0.120. The van der Waals surface area contributed by atoms with E-state index in [0.29, 0.717) is 24.8 Å². The number of carbonyl (C=O) groups is 3. The second-order valence-electron chi connectivity index (χ2n) is 18.1. The minimum atomic E-state index is -0.397. The fraction of sp³-hybridized carbons (Fsp3) is 0.408. The topological polar surface area (TPSA) is 178 Å². The summed E-state index contributed by atoms with van der Waals surface area (Å²) in [6, 6.07) is 25.3. The Hall–Kier alpha value is -6.61. The van der Waals surface area contributed by atoms with Crippen molar-refractivity contribution in [1.29, 1.82) is 0 Å². The van der Waals surface area contributed by atoms with Crippen LogP contribution in [-0.2, 0) is 15.0 Å². The number of piperidine rings is 1. The van der Waals surface area contributed by atoms with E-state index in [1.165, 1.54) is 11.4 Å². The summed E-state index contributed by atoms with van der Waals surface area (Å²) < 4.78 is 5.32. The van der Waals surface area contributed by atoms with Crippen molar-refractivity contribution in [3.8, 4) is 22.4 Å². The smallest absolute Gasteiger partial charge is 0.293 e. The maximum absolute atomic E-state index is 13.0. The minimum Gasteiger partial charge on any atom is -0.376 e. The van der Waals surface area contributed by atoms with Gasteiger partial charge >= 0.3 is 0 Å². The van der Waals surface area contributed by atoms with Crippen LogP contribution >= 0.6 is 0 Å². The number of hydrogen-bond acceptors (Lipinski definition) is 12. The summed E-state index contributed by atoms with van der Waals surface area (Å²) in [4.78, 5) is 52.8. The Bertz CT molecular complexity index is 2560. The van der Waals surface area contributed by atoms with Gasteiger partial charge in [-0.3, -0.25) is 19.6 Å². The van der Waals surface area contributed by atoms with Gasteiger partial charge in [-0.05, 0) is 98.3 Å². The van der Waals surface area contributed by atoms with Gasteiger partial charge in [-0.15, -0.1) is 0 Å². The van der Waals surface area contributed by atoms with Crippen molar-refractivity contribution in [2.45, 2.75) is 83.8 Å². The molecule has 0 bridgehead atoms. The van der Waals surface area contributed by atoms with Gasteiger partial charge in [0.05, 0.1) is 12.1 Å². The van der Waals surface area contributed by atoms with Crippen molar-refractivity contribution in [2.24, 2.45) is 0 Å². The van der Waals surface area contributed by atoms with Crippen LogP contribution in [0.25, 0.3) is 33.4 Å². The maximum Gasteiger partial charge on any atom is 0.293 e. The number of benzene rings is 3. The van der Waals surface area contributed by atoms with Gasteiger partial charge in [0, 0.05) is 104 Å². The van der Waals surface area contributed by atoms with Gasteiger partial charge in [0.2, 0.25) is 11.8 Å². The Morgan fingerprint density at radius 2 is 1.56 bits per heavy atom. The van der Waals surface area contributed by atoms with E-state index in [2.05, 4.69) is 99.5 Å². The number of aromatic amines is 1. The van der Waals surface area contributed by atoms with Crippen LogP contribution in [0.3, 0.4) is 0 Å². The summed E-state index contributed by atoms with van der Waals surface area (Å²) in [5.41, 5.74) is 9.58. The highest BCUT2D eigenvalue weighted by Crippen LogP contribution is 2.33. The van der Waals surface area contributed by atoms with Crippen LogP contribution in [0.1, 0.15) is 87.1 Å². The van der Waals surface area contributed by atoms with Gasteiger partial charge in [-0.25, -0.2) is 4.98 Å². The Labute approximate surface area is 374 Å². The second kappa shape index (κ2) is 19.0. The molecule has 15 nitrogen and oxygen atoms in total. The monoisotopic (exact) mass is 865 g/mol. The van der Waals surface area contributed by atoms with Crippen LogP contribution in [0.5, 0.6) is 0 Å². The lowest BCUT2D eigenvalue weighted by Crippen LogP contribution is -2.53. The molecule has 4 N–H and O–H groups in total. The molecule has 2 amide bonds.